The van der Waals surface area contributed by atoms with Crippen LogP contribution >= 0.6 is 34.5 Å². The molecule has 0 saturated carbocycles. The first-order valence-corrected chi connectivity index (χ1v) is 11.6. The molecule has 3 aromatic rings. The van der Waals surface area contributed by atoms with Gasteiger partial charge in [0.15, 0.2) is 15.2 Å². The predicted octanol–water partition coefficient (Wildman–Crippen LogP) is 3.44. The van der Waals surface area contributed by atoms with Crippen LogP contribution in [0, 0.1) is 12.3 Å². The number of halogens is 1. The molecular formula is C19H22ClN7O4S2. The number of amidine groups is 1. The monoisotopic (exact) mass is 511 g/mol. The van der Waals surface area contributed by atoms with E-state index in [1.54, 1.807) is 26.8 Å². The number of anilines is 3. The molecule has 2 unspecified atom stereocenters. The van der Waals surface area contributed by atoms with Gasteiger partial charge in [-0.25, -0.2) is 4.98 Å². The van der Waals surface area contributed by atoms with Gasteiger partial charge in [-0.15, -0.1) is 0 Å². The van der Waals surface area contributed by atoms with Crippen molar-refractivity contribution in [1.29, 1.82) is 5.41 Å². The van der Waals surface area contributed by atoms with Crippen molar-refractivity contribution in [3.05, 3.63) is 33.4 Å². The van der Waals surface area contributed by atoms with Crippen molar-refractivity contribution >= 4 is 62.0 Å². The average Bonchev–Trinajstić information content (AvgIpc) is 3.26. The minimum Gasteiger partial charge on any atom is -0.492 e. The molecular weight excluding hydrogens is 490 g/mol. The summed E-state index contributed by atoms with van der Waals surface area (Å²) in [7, 11) is 0. The second-order valence-corrected chi connectivity index (χ2v) is 9.39. The first-order valence-electron chi connectivity index (χ1n) is 9.68. The molecule has 3 rings (SSSR count). The number of thiazole rings is 1. The van der Waals surface area contributed by atoms with E-state index in [1.165, 1.54) is 6.20 Å². The van der Waals surface area contributed by atoms with Crippen LogP contribution in [0.25, 0.3) is 0 Å². The highest BCUT2D eigenvalue weighted by atomic mass is 35.5. The number of aliphatic hydroxyl groups is 1. The number of rotatable bonds is 8. The number of nitrogens with zero attached hydrogens (tertiary/aromatic N) is 3. The molecule has 14 heteroatoms. The Labute approximate surface area is 202 Å². The SMILES string of the molecule is Cc1ccnc(Cl)c1NC(=O)c1sc(Nc2snc(O)c2C(=N)NC(C)CC(C)O)nc1O. The lowest BCUT2D eigenvalue weighted by Crippen LogP contribution is -2.34. The zero-order valence-corrected chi connectivity index (χ0v) is 20.2. The number of hydrogen-bond acceptors (Lipinski definition) is 11. The van der Waals surface area contributed by atoms with Gasteiger partial charge in [0.1, 0.15) is 16.4 Å². The van der Waals surface area contributed by atoms with E-state index < -0.39 is 17.9 Å². The summed E-state index contributed by atoms with van der Waals surface area (Å²) in [5.74, 6) is -1.57. The fraction of sp³-hybridized carbons (Fsp3) is 0.316. The number of aromatic hydroxyl groups is 2. The van der Waals surface area contributed by atoms with Crippen molar-refractivity contribution in [3.8, 4) is 11.8 Å². The average molecular weight is 512 g/mol. The molecule has 3 heterocycles. The van der Waals surface area contributed by atoms with Crippen LogP contribution in [0.15, 0.2) is 12.3 Å². The van der Waals surface area contributed by atoms with Gasteiger partial charge >= 0.3 is 0 Å². The number of pyridine rings is 1. The number of hydrogen-bond donors (Lipinski definition) is 7. The molecule has 0 fully saturated rings. The summed E-state index contributed by atoms with van der Waals surface area (Å²) >= 11 is 7.80. The molecule has 176 valence electrons. The first-order chi connectivity index (χ1) is 15.6. The Morgan fingerprint density at radius 2 is 2.03 bits per heavy atom. The van der Waals surface area contributed by atoms with Gasteiger partial charge < -0.3 is 31.3 Å². The lowest BCUT2D eigenvalue weighted by molar-refractivity contribution is 0.102. The van der Waals surface area contributed by atoms with Crippen LogP contribution in [0.2, 0.25) is 5.15 Å². The molecule has 0 saturated heterocycles. The van der Waals surface area contributed by atoms with E-state index >= 15 is 0 Å². The molecule has 0 radical (unpaired) electrons. The summed E-state index contributed by atoms with van der Waals surface area (Å²) in [5.41, 5.74) is 1.13. The first kappa shape index (κ1) is 24.6. The number of carbonyl (C=O) groups excluding carboxylic acids is 1. The zero-order chi connectivity index (χ0) is 24.3. The Balaban J connectivity index is 1.78. The number of carbonyl (C=O) groups is 1. The van der Waals surface area contributed by atoms with Crippen molar-refractivity contribution in [2.24, 2.45) is 0 Å². The molecule has 33 heavy (non-hydrogen) atoms. The summed E-state index contributed by atoms with van der Waals surface area (Å²) in [4.78, 5) is 20.5. The summed E-state index contributed by atoms with van der Waals surface area (Å²) < 4.78 is 3.86. The molecule has 0 spiro atoms. The summed E-state index contributed by atoms with van der Waals surface area (Å²) in [5, 5.41) is 47.1. The Morgan fingerprint density at radius 1 is 1.30 bits per heavy atom. The minimum absolute atomic E-state index is 0.0640. The second kappa shape index (κ2) is 10.3. The maximum absolute atomic E-state index is 12.7. The second-order valence-electron chi connectivity index (χ2n) is 7.26. The molecule has 3 aromatic heterocycles. The maximum Gasteiger partial charge on any atom is 0.271 e. The molecule has 0 aliphatic rings. The van der Waals surface area contributed by atoms with Gasteiger partial charge in [-0.3, -0.25) is 10.2 Å². The van der Waals surface area contributed by atoms with Crippen LogP contribution < -0.4 is 16.0 Å². The van der Waals surface area contributed by atoms with Crippen molar-refractivity contribution in [2.75, 3.05) is 10.6 Å². The molecule has 1 amide bonds. The largest absolute Gasteiger partial charge is 0.492 e. The van der Waals surface area contributed by atoms with E-state index in [1.807, 2.05) is 0 Å². The number of nitrogens with one attached hydrogen (secondary N) is 4. The Morgan fingerprint density at radius 3 is 2.70 bits per heavy atom. The van der Waals surface area contributed by atoms with E-state index in [0.717, 1.165) is 22.9 Å². The van der Waals surface area contributed by atoms with Gasteiger partial charge in [-0.2, -0.15) is 9.36 Å². The normalized spacial score (nSPS) is 12.8. The number of aliphatic hydroxyl groups excluding tert-OH is 1. The Bertz CT molecular complexity index is 1160. The van der Waals surface area contributed by atoms with Gasteiger partial charge in [-0.1, -0.05) is 22.9 Å². The van der Waals surface area contributed by atoms with Gasteiger partial charge in [0, 0.05) is 12.2 Å². The van der Waals surface area contributed by atoms with Crippen molar-refractivity contribution in [2.45, 2.75) is 39.3 Å². The molecule has 0 aromatic carbocycles. The van der Waals surface area contributed by atoms with E-state index in [9.17, 15) is 20.1 Å². The third-order valence-corrected chi connectivity index (χ3v) is 6.40. The molecule has 0 bridgehead atoms. The lowest BCUT2D eigenvalue weighted by atomic mass is 10.1. The number of aryl methyl sites for hydroxylation is 1. The molecule has 2 atom stereocenters. The Hall–Kier alpha value is -3.00. The third kappa shape index (κ3) is 5.87. The van der Waals surface area contributed by atoms with E-state index in [-0.39, 0.29) is 38.5 Å². The van der Waals surface area contributed by atoms with E-state index in [2.05, 4.69) is 30.3 Å². The van der Waals surface area contributed by atoms with Crippen LogP contribution in [-0.4, -0.2) is 53.5 Å². The Kier molecular flexibility index (Phi) is 7.68. The predicted molar refractivity (Wildman–Crippen MR) is 129 cm³/mol. The highest BCUT2D eigenvalue weighted by molar-refractivity contribution is 7.18. The minimum atomic E-state index is -0.621. The van der Waals surface area contributed by atoms with Crippen LogP contribution in [0.3, 0.4) is 0 Å². The van der Waals surface area contributed by atoms with Crippen LogP contribution in [0.4, 0.5) is 15.8 Å². The van der Waals surface area contributed by atoms with Crippen molar-refractivity contribution in [1.82, 2.24) is 19.7 Å². The van der Waals surface area contributed by atoms with Crippen molar-refractivity contribution in [3.63, 3.8) is 0 Å². The van der Waals surface area contributed by atoms with E-state index in [0.29, 0.717) is 22.7 Å². The molecule has 0 aliphatic heterocycles. The molecule has 11 nitrogen and oxygen atoms in total. The standard InChI is InChI=1S/C19H22ClN7O4S2/c1-7-4-5-22-13(20)11(7)24-16(30)12-17(31)25-19(32-12)26-18-10(15(29)27-33-18)14(21)23-8(2)6-9(3)28/h4-5,8-9,28,31H,6H2,1-3H3,(H2,21,23)(H,24,30)(H,25,26)(H,27,29). The summed E-state index contributed by atoms with van der Waals surface area (Å²) in [6, 6.07) is 1.45. The maximum atomic E-state index is 12.7. The van der Waals surface area contributed by atoms with Crippen molar-refractivity contribution < 1.29 is 20.1 Å². The smallest absolute Gasteiger partial charge is 0.271 e. The molecule has 7 N–H and O–H groups in total. The zero-order valence-electron chi connectivity index (χ0n) is 17.8. The van der Waals surface area contributed by atoms with Gasteiger partial charge in [0.25, 0.3) is 5.91 Å². The van der Waals surface area contributed by atoms with Crippen LogP contribution in [0.1, 0.15) is 41.1 Å². The number of amides is 1. The van der Waals surface area contributed by atoms with Gasteiger partial charge in [-0.05, 0) is 50.4 Å². The summed E-state index contributed by atoms with van der Waals surface area (Å²) in [6.45, 7) is 5.20. The highest BCUT2D eigenvalue weighted by Gasteiger charge is 2.24. The third-order valence-electron chi connectivity index (χ3n) is 4.40. The highest BCUT2D eigenvalue weighted by Crippen LogP contribution is 2.36. The fourth-order valence-corrected chi connectivity index (χ4v) is 4.71. The number of aromatic nitrogens is 3. The summed E-state index contributed by atoms with van der Waals surface area (Å²) in [6.07, 6.45) is 1.36. The fourth-order valence-electron chi connectivity index (χ4n) is 2.94. The lowest BCUT2D eigenvalue weighted by Gasteiger charge is -2.17. The van der Waals surface area contributed by atoms with Crippen LogP contribution in [0.5, 0.6) is 11.8 Å². The molecule has 0 aliphatic carbocycles. The van der Waals surface area contributed by atoms with Crippen LogP contribution in [-0.2, 0) is 0 Å². The topological polar surface area (TPSA) is 176 Å². The van der Waals surface area contributed by atoms with E-state index in [4.69, 9.17) is 17.0 Å². The quantitative estimate of drug-likeness (QED) is 0.135. The van der Waals surface area contributed by atoms with Gasteiger partial charge in [0.05, 0.1) is 11.8 Å². The van der Waals surface area contributed by atoms with Gasteiger partial charge in [0.2, 0.25) is 11.8 Å².